The highest BCUT2D eigenvalue weighted by molar-refractivity contribution is 7.99. The third-order valence-electron chi connectivity index (χ3n) is 2.57. The van der Waals surface area contributed by atoms with Crippen molar-refractivity contribution in [1.29, 1.82) is 0 Å². The molecule has 1 aliphatic carbocycles. The fourth-order valence-electron chi connectivity index (χ4n) is 1.38. The number of hydrogen-bond donors (Lipinski definition) is 1. The van der Waals surface area contributed by atoms with Crippen LogP contribution in [0.15, 0.2) is 16.7 Å². The first-order chi connectivity index (χ1) is 6.27. The lowest BCUT2D eigenvalue weighted by Gasteiger charge is -2.31. The Labute approximate surface area is 82.3 Å². The molecule has 0 amide bonds. The van der Waals surface area contributed by atoms with Gasteiger partial charge in [0, 0.05) is 5.25 Å². The Balaban J connectivity index is 1.83. The summed E-state index contributed by atoms with van der Waals surface area (Å²) in [4.78, 5) is 0. The first-order valence-corrected chi connectivity index (χ1v) is 5.65. The van der Waals surface area contributed by atoms with Crippen LogP contribution in [0.2, 0.25) is 0 Å². The van der Waals surface area contributed by atoms with Gasteiger partial charge >= 0.3 is 0 Å². The first-order valence-electron chi connectivity index (χ1n) is 4.60. The molecule has 1 fully saturated rings. The van der Waals surface area contributed by atoms with Crippen molar-refractivity contribution in [1.82, 2.24) is 0 Å². The molecule has 1 aromatic heterocycles. The van der Waals surface area contributed by atoms with Crippen molar-refractivity contribution in [3.05, 3.63) is 23.7 Å². The summed E-state index contributed by atoms with van der Waals surface area (Å²) in [5.74, 6) is 1.93. The molecule has 1 saturated carbocycles. The van der Waals surface area contributed by atoms with Crippen LogP contribution in [-0.2, 0) is 5.75 Å². The van der Waals surface area contributed by atoms with Crippen LogP contribution >= 0.6 is 11.8 Å². The molecule has 2 rings (SSSR count). The highest BCUT2D eigenvalue weighted by Gasteiger charge is 2.29. The van der Waals surface area contributed by atoms with Crippen molar-refractivity contribution in [2.75, 3.05) is 0 Å². The topological polar surface area (TPSA) is 33.4 Å². The van der Waals surface area contributed by atoms with Crippen molar-refractivity contribution in [3.63, 3.8) is 0 Å². The van der Waals surface area contributed by atoms with Gasteiger partial charge in [0.2, 0.25) is 0 Å². The average Bonchev–Trinajstić information content (AvgIpc) is 2.50. The number of aliphatic hydroxyl groups excluding tert-OH is 1. The lowest BCUT2D eigenvalue weighted by Crippen LogP contribution is -2.33. The molecule has 0 bridgehead atoms. The quantitative estimate of drug-likeness (QED) is 0.809. The van der Waals surface area contributed by atoms with E-state index in [4.69, 9.17) is 4.42 Å². The molecular formula is C10H14O2S. The monoisotopic (exact) mass is 198 g/mol. The Morgan fingerprint density at radius 3 is 2.92 bits per heavy atom. The molecule has 0 spiro atoms. The summed E-state index contributed by atoms with van der Waals surface area (Å²) in [6.45, 7) is 2.05. The first kappa shape index (κ1) is 9.16. The smallest absolute Gasteiger partial charge is 0.116 e. The van der Waals surface area contributed by atoms with Gasteiger partial charge in [0.1, 0.15) is 5.76 Å². The molecule has 0 saturated heterocycles. The number of aliphatic hydroxyl groups is 1. The van der Waals surface area contributed by atoms with Gasteiger partial charge in [-0.3, -0.25) is 0 Å². The molecule has 2 unspecified atom stereocenters. The molecule has 0 aromatic carbocycles. The number of furan rings is 1. The molecule has 1 N–H and O–H groups in total. The summed E-state index contributed by atoms with van der Waals surface area (Å²) in [6.07, 6.45) is 3.75. The molecule has 2 nitrogen and oxygen atoms in total. The largest absolute Gasteiger partial charge is 0.468 e. The Morgan fingerprint density at radius 1 is 1.62 bits per heavy atom. The minimum Gasteiger partial charge on any atom is -0.468 e. The predicted molar refractivity (Wildman–Crippen MR) is 53.8 cm³/mol. The Kier molecular flexibility index (Phi) is 2.65. The van der Waals surface area contributed by atoms with E-state index >= 15 is 0 Å². The maximum atomic E-state index is 9.35. The summed E-state index contributed by atoms with van der Waals surface area (Å²) in [5, 5.41) is 9.79. The maximum absolute atomic E-state index is 9.35. The van der Waals surface area contributed by atoms with E-state index < -0.39 is 0 Å². The van der Waals surface area contributed by atoms with Crippen molar-refractivity contribution in [2.45, 2.75) is 36.9 Å². The molecule has 0 aliphatic heterocycles. The third kappa shape index (κ3) is 1.92. The van der Waals surface area contributed by atoms with Gasteiger partial charge in [-0.15, -0.1) is 11.8 Å². The number of rotatable bonds is 3. The Morgan fingerprint density at radius 2 is 2.46 bits per heavy atom. The molecule has 72 valence electrons. The van der Waals surface area contributed by atoms with Gasteiger partial charge in [0.25, 0.3) is 0 Å². The van der Waals surface area contributed by atoms with E-state index in [2.05, 4.69) is 6.92 Å². The van der Waals surface area contributed by atoms with Crippen molar-refractivity contribution < 1.29 is 9.52 Å². The van der Waals surface area contributed by atoms with Gasteiger partial charge in [-0.2, -0.15) is 0 Å². The standard InChI is InChI=1S/C10H14O2S/c1-7-4-5-12-9(7)6-13-10-3-2-8(10)11/h4-5,8,10-11H,2-3,6H2,1H3. The molecular weight excluding hydrogens is 184 g/mol. The lowest BCUT2D eigenvalue weighted by atomic mass is 9.96. The van der Waals surface area contributed by atoms with E-state index in [9.17, 15) is 5.11 Å². The second kappa shape index (κ2) is 3.76. The third-order valence-corrected chi connectivity index (χ3v) is 3.98. The van der Waals surface area contributed by atoms with Crippen LogP contribution in [-0.4, -0.2) is 16.5 Å². The fourth-order valence-corrected chi connectivity index (χ4v) is 2.70. The van der Waals surface area contributed by atoms with Crippen LogP contribution in [0.1, 0.15) is 24.2 Å². The predicted octanol–water partition coefficient (Wildman–Crippen LogP) is 2.34. The van der Waals surface area contributed by atoms with Gasteiger partial charge in [-0.05, 0) is 31.4 Å². The summed E-state index contributed by atoms with van der Waals surface area (Å²) in [7, 11) is 0. The number of thioether (sulfide) groups is 1. The van der Waals surface area contributed by atoms with Crippen LogP contribution in [0.25, 0.3) is 0 Å². The molecule has 2 atom stereocenters. The second-order valence-corrected chi connectivity index (χ2v) is 4.75. The van der Waals surface area contributed by atoms with Gasteiger partial charge in [-0.25, -0.2) is 0 Å². The number of aryl methyl sites for hydroxylation is 1. The zero-order valence-electron chi connectivity index (χ0n) is 7.69. The molecule has 1 aromatic rings. The fraction of sp³-hybridized carbons (Fsp3) is 0.600. The normalized spacial score (nSPS) is 27.2. The Bertz CT molecular complexity index is 282. The van der Waals surface area contributed by atoms with Crippen LogP contribution in [0, 0.1) is 6.92 Å². The molecule has 1 aliphatic rings. The summed E-state index contributed by atoms with van der Waals surface area (Å²) < 4.78 is 5.32. The van der Waals surface area contributed by atoms with E-state index in [1.165, 1.54) is 5.56 Å². The van der Waals surface area contributed by atoms with E-state index in [0.29, 0.717) is 5.25 Å². The van der Waals surface area contributed by atoms with E-state index in [1.807, 2.05) is 6.07 Å². The van der Waals surface area contributed by atoms with E-state index in [1.54, 1.807) is 18.0 Å². The van der Waals surface area contributed by atoms with Crippen molar-refractivity contribution >= 4 is 11.8 Å². The highest BCUT2D eigenvalue weighted by Crippen LogP contribution is 2.34. The van der Waals surface area contributed by atoms with Crippen molar-refractivity contribution in [2.24, 2.45) is 0 Å². The van der Waals surface area contributed by atoms with E-state index in [-0.39, 0.29) is 6.10 Å². The molecule has 0 radical (unpaired) electrons. The molecule has 1 heterocycles. The van der Waals surface area contributed by atoms with Gasteiger partial charge < -0.3 is 9.52 Å². The summed E-state index contributed by atoms with van der Waals surface area (Å²) in [6, 6.07) is 1.98. The average molecular weight is 198 g/mol. The summed E-state index contributed by atoms with van der Waals surface area (Å²) >= 11 is 1.80. The highest BCUT2D eigenvalue weighted by atomic mass is 32.2. The zero-order chi connectivity index (χ0) is 9.26. The maximum Gasteiger partial charge on any atom is 0.116 e. The SMILES string of the molecule is Cc1ccoc1CSC1CCC1O. The van der Waals surface area contributed by atoms with Crippen molar-refractivity contribution in [3.8, 4) is 0 Å². The lowest BCUT2D eigenvalue weighted by molar-refractivity contribution is 0.103. The minimum absolute atomic E-state index is 0.0831. The number of hydrogen-bond acceptors (Lipinski definition) is 3. The van der Waals surface area contributed by atoms with Crippen LogP contribution in [0.4, 0.5) is 0 Å². The second-order valence-electron chi connectivity index (χ2n) is 3.52. The Hall–Kier alpha value is -0.410. The van der Waals surface area contributed by atoms with Crippen LogP contribution < -0.4 is 0 Å². The van der Waals surface area contributed by atoms with Gasteiger partial charge in [0.05, 0.1) is 18.1 Å². The van der Waals surface area contributed by atoms with E-state index in [0.717, 1.165) is 24.4 Å². The van der Waals surface area contributed by atoms with Gasteiger partial charge in [-0.1, -0.05) is 0 Å². The van der Waals surface area contributed by atoms with Crippen LogP contribution in [0.3, 0.4) is 0 Å². The minimum atomic E-state index is -0.0831. The summed E-state index contributed by atoms with van der Waals surface area (Å²) in [5.41, 5.74) is 1.21. The van der Waals surface area contributed by atoms with Crippen LogP contribution in [0.5, 0.6) is 0 Å². The zero-order valence-corrected chi connectivity index (χ0v) is 8.51. The van der Waals surface area contributed by atoms with Gasteiger partial charge in [0.15, 0.2) is 0 Å². The molecule has 3 heteroatoms. The molecule has 13 heavy (non-hydrogen) atoms.